The number of thioether (sulfide) groups is 1. The predicted molar refractivity (Wildman–Crippen MR) is 136 cm³/mol. The van der Waals surface area contributed by atoms with Gasteiger partial charge in [0.15, 0.2) is 0 Å². The lowest BCUT2D eigenvalue weighted by Gasteiger charge is -2.19. The number of carbonyl (C=O) groups is 2. The van der Waals surface area contributed by atoms with Gasteiger partial charge in [-0.3, -0.25) is 9.59 Å². The molecule has 1 aliphatic rings. The van der Waals surface area contributed by atoms with Gasteiger partial charge in [0, 0.05) is 30.4 Å². The summed E-state index contributed by atoms with van der Waals surface area (Å²) in [7, 11) is 1.52. The van der Waals surface area contributed by atoms with E-state index in [0.717, 1.165) is 35.8 Å². The number of methoxy groups -OCH3 is 1. The number of nitrogens with zero attached hydrogens (tertiary/aromatic N) is 2. The molecule has 0 radical (unpaired) electrons. The highest BCUT2D eigenvalue weighted by atomic mass is 32.2. The molecule has 3 aromatic rings. The van der Waals surface area contributed by atoms with Gasteiger partial charge in [-0.05, 0) is 55.5 Å². The second-order valence-electron chi connectivity index (χ2n) is 8.27. The van der Waals surface area contributed by atoms with Crippen molar-refractivity contribution in [1.29, 1.82) is 0 Å². The fraction of sp³-hybridized carbons (Fsp3) is 0.346. The third-order valence-corrected chi connectivity index (χ3v) is 6.56. The molecule has 2 N–H and O–H groups in total. The Hall–Kier alpha value is -3.26. The van der Waals surface area contributed by atoms with Gasteiger partial charge in [0.25, 0.3) is 5.91 Å². The number of anilines is 1. The molecule has 1 aliphatic heterocycles. The zero-order valence-corrected chi connectivity index (χ0v) is 20.4. The van der Waals surface area contributed by atoms with E-state index >= 15 is 0 Å². The maximum Gasteiger partial charge on any atom is 0.255 e. The molecule has 0 fully saturated rings. The summed E-state index contributed by atoms with van der Waals surface area (Å²) >= 11 is 1.63. The zero-order chi connectivity index (χ0) is 23.9. The summed E-state index contributed by atoms with van der Waals surface area (Å²) in [6, 6.07) is 14.0. The molecule has 2 heterocycles. The van der Waals surface area contributed by atoms with Gasteiger partial charge in [-0.15, -0.1) is 0 Å². The van der Waals surface area contributed by atoms with E-state index in [-0.39, 0.29) is 11.8 Å². The van der Waals surface area contributed by atoms with Crippen molar-refractivity contribution in [1.82, 2.24) is 14.9 Å². The highest BCUT2D eigenvalue weighted by Gasteiger charge is 2.23. The van der Waals surface area contributed by atoms with E-state index < -0.39 is 6.04 Å². The van der Waals surface area contributed by atoms with Gasteiger partial charge in [0.1, 0.15) is 17.6 Å². The number of hydrogen-bond acceptors (Lipinski definition) is 5. The number of para-hydroxylation sites is 1. The van der Waals surface area contributed by atoms with Crippen molar-refractivity contribution in [3.8, 4) is 17.0 Å². The lowest BCUT2D eigenvalue weighted by molar-refractivity contribution is -0.118. The molecule has 8 heteroatoms. The summed E-state index contributed by atoms with van der Waals surface area (Å²) in [6.07, 6.45) is 7.93. The molecule has 1 atom stereocenters. The average molecular weight is 479 g/mol. The minimum atomic E-state index is -0.673. The van der Waals surface area contributed by atoms with Crippen LogP contribution in [0.2, 0.25) is 0 Å². The van der Waals surface area contributed by atoms with Crippen molar-refractivity contribution < 1.29 is 14.3 Å². The molecular weight excluding hydrogens is 448 g/mol. The Balaban J connectivity index is 1.49. The number of amides is 2. The van der Waals surface area contributed by atoms with Crippen LogP contribution in [0.4, 0.5) is 5.69 Å². The van der Waals surface area contributed by atoms with Crippen LogP contribution in [0.1, 0.15) is 35.4 Å². The SMILES string of the molecule is COc1ccccc1C(=O)NC(CCSC)C(=O)Nc1cccc(-c2cn3c(n2)CCCC3)c1. The van der Waals surface area contributed by atoms with Gasteiger partial charge in [-0.1, -0.05) is 24.3 Å². The van der Waals surface area contributed by atoms with E-state index in [1.165, 1.54) is 20.0 Å². The first-order chi connectivity index (χ1) is 16.6. The summed E-state index contributed by atoms with van der Waals surface area (Å²) in [5.41, 5.74) is 2.95. The second-order valence-corrected chi connectivity index (χ2v) is 9.26. The Kier molecular flexibility index (Phi) is 7.90. The normalized spacial score (nSPS) is 13.6. The summed E-state index contributed by atoms with van der Waals surface area (Å²) < 4.78 is 7.52. The van der Waals surface area contributed by atoms with Crippen molar-refractivity contribution in [2.45, 2.75) is 38.3 Å². The Labute approximate surface area is 204 Å². The maximum atomic E-state index is 13.2. The van der Waals surface area contributed by atoms with Gasteiger partial charge >= 0.3 is 0 Å². The number of aromatic nitrogens is 2. The molecule has 7 nitrogen and oxygen atoms in total. The maximum absolute atomic E-state index is 13.2. The molecule has 178 valence electrons. The monoisotopic (exact) mass is 478 g/mol. The lowest BCUT2D eigenvalue weighted by atomic mass is 10.1. The number of benzene rings is 2. The molecule has 4 rings (SSSR count). The van der Waals surface area contributed by atoms with E-state index in [0.29, 0.717) is 23.4 Å². The van der Waals surface area contributed by atoms with Gasteiger partial charge < -0.3 is 19.9 Å². The molecule has 2 aromatic carbocycles. The first-order valence-electron chi connectivity index (χ1n) is 11.5. The summed E-state index contributed by atoms with van der Waals surface area (Å²) in [4.78, 5) is 30.8. The minimum Gasteiger partial charge on any atom is -0.496 e. The number of fused-ring (bicyclic) bond motifs is 1. The van der Waals surface area contributed by atoms with Crippen LogP contribution in [-0.2, 0) is 17.8 Å². The zero-order valence-electron chi connectivity index (χ0n) is 19.5. The summed E-state index contributed by atoms with van der Waals surface area (Å²) in [5.74, 6) is 1.74. The van der Waals surface area contributed by atoms with Gasteiger partial charge in [-0.2, -0.15) is 11.8 Å². The third-order valence-electron chi connectivity index (χ3n) is 5.92. The van der Waals surface area contributed by atoms with Gasteiger partial charge in [-0.25, -0.2) is 4.98 Å². The Morgan fingerprint density at radius 2 is 2.03 bits per heavy atom. The Bertz CT molecular complexity index is 1140. The van der Waals surface area contributed by atoms with Crippen LogP contribution < -0.4 is 15.4 Å². The fourth-order valence-corrected chi connectivity index (χ4v) is 4.58. The van der Waals surface area contributed by atoms with E-state index in [4.69, 9.17) is 9.72 Å². The van der Waals surface area contributed by atoms with Crippen LogP contribution in [0.15, 0.2) is 54.7 Å². The molecule has 0 saturated heterocycles. The third kappa shape index (κ3) is 5.62. The number of imidazole rings is 1. The van der Waals surface area contributed by atoms with Crippen LogP contribution in [0.25, 0.3) is 11.3 Å². The van der Waals surface area contributed by atoms with Crippen LogP contribution >= 0.6 is 11.8 Å². The number of nitrogens with one attached hydrogen (secondary N) is 2. The Morgan fingerprint density at radius 3 is 2.82 bits per heavy atom. The van der Waals surface area contributed by atoms with Gasteiger partial charge in [0.05, 0.1) is 18.4 Å². The van der Waals surface area contributed by atoms with E-state index in [1.54, 1.807) is 36.0 Å². The number of hydrogen-bond donors (Lipinski definition) is 2. The average Bonchev–Trinajstić information content (AvgIpc) is 3.31. The molecule has 2 amide bonds. The first-order valence-corrected chi connectivity index (χ1v) is 12.9. The van der Waals surface area contributed by atoms with Crippen molar-refractivity contribution >= 4 is 29.3 Å². The molecule has 0 saturated carbocycles. The van der Waals surface area contributed by atoms with E-state index in [2.05, 4.69) is 21.4 Å². The number of ether oxygens (including phenoxy) is 1. The molecule has 0 bridgehead atoms. The highest BCUT2D eigenvalue weighted by molar-refractivity contribution is 7.98. The predicted octanol–water partition coefficient (Wildman–Crippen LogP) is 4.39. The van der Waals surface area contributed by atoms with Crippen LogP contribution in [0.3, 0.4) is 0 Å². The van der Waals surface area contributed by atoms with Crippen molar-refractivity contribution in [3.63, 3.8) is 0 Å². The van der Waals surface area contributed by atoms with Crippen molar-refractivity contribution in [2.24, 2.45) is 0 Å². The number of aryl methyl sites for hydroxylation is 2. The van der Waals surface area contributed by atoms with E-state index in [9.17, 15) is 9.59 Å². The highest BCUT2D eigenvalue weighted by Crippen LogP contribution is 2.25. The molecule has 1 aromatic heterocycles. The van der Waals surface area contributed by atoms with Crippen molar-refractivity contribution in [3.05, 3.63) is 66.1 Å². The van der Waals surface area contributed by atoms with Crippen molar-refractivity contribution in [2.75, 3.05) is 24.4 Å². The number of carbonyl (C=O) groups excluding carboxylic acids is 2. The molecule has 34 heavy (non-hydrogen) atoms. The standard InChI is InChI=1S/C26H30N4O3S/c1-33-23-11-4-3-10-20(23)25(31)29-21(13-15-34-2)26(32)27-19-9-7-8-18(16-19)22-17-30-14-6-5-12-24(30)28-22/h3-4,7-11,16-17,21H,5-6,12-15H2,1-2H3,(H,27,32)(H,29,31). The molecular formula is C26H30N4O3S. The minimum absolute atomic E-state index is 0.251. The Morgan fingerprint density at radius 1 is 1.18 bits per heavy atom. The second kappa shape index (κ2) is 11.2. The molecule has 0 spiro atoms. The van der Waals surface area contributed by atoms with E-state index in [1.807, 2.05) is 30.5 Å². The summed E-state index contributed by atoms with van der Waals surface area (Å²) in [5, 5.41) is 5.86. The lowest BCUT2D eigenvalue weighted by Crippen LogP contribution is -2.44. The fourth-order valence-electron chi connectivity index (χ4n) is 4.11. The first kappa shape index (κ1) is 23.9. The van der Waals surface area contributed by atoms with Gasteiger partial charge in [0.2, 0.25) is 5.91 Å². The van der Waals surface area contributed by atoms with Crippen LogP contribution in [0.5, 0.6) is 5.75 Å². The summed E-state index contributed by atoms with van der Waals surface area (Å²) in [6.45, 7) is 1.00. The quantitative estimate of drug-likeness (QED) is 0.477. The van der Waals surface area contributed by atoms with Crippen LogP contribution in [-0.4, -0.2) is 46.5 Å². The topological polar surface area (TPSA) is 85.2 Å². The smallest absolute Gasteiger partial charge is 0.255 e. The molecule has 0 aliphatic carbocycles. The number of rotatable bonds is 9. The molecule has 1 unspecified atom stereocenters. The van der Waals surface area contributed by atoms with Crippen LogP contribution in [0, 0.1) is 0 Å². The largest absolute Gasteiger partial charge is 0.496 e.